The molecule has 4 heterocycles. The molecule has 4 aliphatic heterocycles. The summed E-state index contributed by atoms with van der Waals surface area (Å²) in [6, 6.07) is -3.01. The van der Waals surface area contributed by atoms with Crippen molar-refractivity contribution in [2.75, 3.05) is 26.4 Å². The van der Waals surface area contributed by atoms with Crippen LogP contribution in [0.25, 0.3) is 0 Å². The first kappa shape index (κ1) is 41.9. The third-order valence-electron chi connectivity index (χ3n) is 8.99. The molecular formula is C28H48N2O21. The lowest BCUT2D eigenvalue weighted by molar-refractivity contribution is -0.356. The second-order valence-corrected chi connectivity index (χ2v) is 12.7. The van der Waals surface area contributed by atoms with Crippen molar-refractivity contribution >= 4 is 11.8 Å². The topological polar surface area (TPSA) is 366 Å². The highest BCUT2D eigenvalue weighted by Crippen LogP contribution is 2.32. The van der Waals surface area contributed by atoms with Gasteiger partial charge >= 0.3 is 0 Å². The summed E-state index contributed by atoms with van der Waals surface area (Å²) in [4.78, 5) is 24.1. The predicted molar refractivity (Wildman–Crippen MR) is 157 cm³/mol. The Bertz CT molecular complexity index is 1140. The Hall–Kier alpha value is -1.82. The molecule has 0 radical (unpaired) electrons. The number of amides is 2. The van der Waals surface area contributed by atoms with E-state index in [1.807, 2.05) is 0 Å². The van der Waals surface area contributed by atoms with Crippen molar-refractivity contribution in [2.45, 2.75) is 137 Å². The van der Waals surface area contributed by atoms with Gasteiger partial charge in [0.2, 0.25) is 11.8 Å². The van der Waals surface area contributed by atoms with E-state index in [9.17, 15) is 70.9 Å². The number of hydrogen-bond donors (Lipinski definition) is 14. The summed E-state index contributed by atoms with van der Waals surface area (Å²) in [6.07, 6.45) is -30.8. The van der Waals surface area contributed by atoms with Gasteiger partial charge in [-0.2, -0.15) is 0 Å². The zero-order chi connectivity index (χ0) is 37.9. The Labute approximate surface area is 289 Å². The van der Waals surface area contributed by atoms with Gasteiger partial charge in [-0.3, -0.25) is 9.59 Å². The molecule has 0 aliphatic carbocycles. The number of rotatable bonds is 12. The van der Waals surface area contributed by atoms with E-state index in [0.717, 1.165) is 13.8 Å². The van der Waals surface area contributed by atoms with Gasteiger partial charge in [0.15, 0.2) is 25.2 Å². The van der Waals surface area contributed by atoms with Gasteiger partial charge in [0, 0.05) is 13.8 Å². The zero-order valence-electron chi connectivity index (χ0n) is 27.4. The van der Waals surface area contributed by atoms with Crippen LogP contribution in [-0.2, 0) is 42.7 Å². The summed E-state index contributed by atoms with van der Waals surface area (Å²) in [5.41, 5.74) is 0. The van der Waals surface area contributed by atoms with E-state index in [1.165, 1.54) is 0 Å². The molecule has 0 aromatic carbocycles. The summed E-state index contributed by atoms with van der Waals surface area (Å²) in [6.45, 7) is -0.987. The monoisotopic (exact) mass is 748 g/mol. The second-order valence-electron chi connectivity index (χ2n) is 12.7. The summed E-state index contributed by atoms with van der Waals surface area (Å²) < 4.78 is 39.0. The molecule has 23 nitrogen and oxygen atoms in total. The number of nitrogens with one attached hydrogen (secondary N) is 2. The fourth-order valence-corrected chi connectivity index (χ4v) is 6.25. The molecule has 23 heteroatoms. The van der Waals surface area contributed by atoms with E-state index in [-0.39, 0.29) is 0 Å². The maximum atomic E-state index is 12.1. The Kier molecular flexibility index (Phi) is 14.8. The van der Waals surface area contributed by atoms with Crippen molar-refractivity contribution < 1.29 is 104 Å². The molecule has 0 spiro atoms. The number of carbonyl (C=O) groups excluding carboxylic acids is 2. The van der Waals surface area contributed by atoms with Crippen LogP contribution in [0.5, 0.6) is 0 Å². The van der Waals surface area contributed by atoms with E-state index in [4.69, 9.17) is 33.2 Å². The van der Waals surface area contributed by atoms with Gasteiger partial charge in [-0.15, -0.1) is 0 Å². The molecule has 18 unspecified atom stereocenters. The molecule has 4 aliphatic rings. The maximum absolute atomic E-state index is 12.1. The van der Waals surface area contributed by atoms with E-state index in [1.54, 1.807) is 0 Å². The highest BCUT2D eigenvalue weighted by Gasteiger charge is 2.54. The molecule has 51 heavy (non-hydrogen) atoms. The summed E-state index contributed by atoms with van der Waals surface area (Å²) in [5, 5.41) is 129. The van der Waals surface area contributed by atoms with E-state index >= 15 is 0 Å². The van der Waals surface area contributed by atoms with Gasteiger partial charge in [-0.05, 0) is 0 Å². The second kappa shape index (κ2) is 18.0. The number of carbonyl (C=O) groups is 2. The zero-order valence-corrected chi connectivity index (χ0v) is 27.4. The number of hydrogen-bond acceptors (Lipinski definition) is 21. The summed E-state index contributed by atoms with van der Waals surface area (Å²) in [5.74, 6) is -1.41. The first-order valence-corrected chi connectivity index (χ1v) is 16.1. The molecule has 0 bridgehead atoms. The quantitative estimate of drug-likeness (QED) is 0.0881. The van der Waals surface area contributed by atoms with Gasteiger partial charge in [0.1, 0.15) is 97.5 Å². The third-order valence-corrected chi connectivity index (χ3v) is 8.99. The van der Waals surface area contributed by atoms with Crippen molar-refractivity contribution in [1.82, 2.24) is 10.6 Å². The molecule has 4 saturated heterocycles. The number of aliphatic hydroxyl groups excluding tert-OH is 12. The lowest BCUT2D eigenvalue weighted by atomic mass is 9.94. The fraction of sp³-hybridized carbons (Fsp3) is 0.929. The third kappa shape index (κ3) is 9.29. The fourth-order valence-electron chi connectivity index (χ4n) is 6.25. The minimum absolute atomic E-state index is 0.703. The van der Waals surface area contributed by atoms with Crippen LogP contribution in [0.4, 0.5) is 0 Å². The molecule has 4 rings (SSSR count). The smallest absolute Gasteiger partial charge is 0.217 e. The predicted octanol–water partition coefficient (Wildman–Crippen LogP) is -9.46. The average Bonchev–Trinajstić information content (AvgIpc) is 3.08. The van der Waals surface area contributed by atoms with Crippen LogP contribution in [0.3, 0.4) is 0 Å². The highest BCUT2D eigenvalue weighted by atomic mass is 16.7. The Morgan fingerprint density at radius 2 is 0.961 bits per heavy atom. The summed E-state index contributed by atoms with van der Waals surface area (Å²) >= 11 is 0. The van der Waals surface area contributed by atoms with Gasteiger partial charge in [0.25, 0.3) is 0 Å². The minimum atomic E-state index is -1.92. The largest absolute Gasteiger partial charge is 0.394 e. The molecule has 14 N–H and O–H groups in total. The van der Waals surface area contributed by atoms with Crippen LogP contribution in [0.2, 0.25) is 0 Å². The normalized spacial score (nSPS) is 47.8. The van der Waals surface area contributed by atoms with Crippen molar-refractivity contribution in [3.63, 3.8) is 0 Å². The van der Waals surface area contributed by atoms with Gasteiger partial charge < -0.3 is 105 Å². The Morgan fingerprint density at radius 1 is 0.510 bits per heavy atom. The molecular weight excluding hydrogens is 700 g/mol. The molecule has 0 aromatic heterocycles. The van der Waals surface area contributed by atoms with Gasteiger partial charge in [0.05, 0.1) is 26.4 Å². The number of aliphatic hydroxyl groups is 12. The van der Waals surface area contributed by atoms with Crippen molar-refractivity contribution in [1.29, 1.82) is 0 Å². The molecule has 2 amide bonds. The Morgan fingerprint density at radius 3 is 1.43 bits per heavy atom. The van der Waals surface area contributed by atoms with E-state index in [0.29, 0.717) is 0 Å². The van der Waals surface area contributed by atoms with Gasteiger partial charge in [-0.25, -0.2) is 0 Å². The van der Waals surface area contributed by atoms with Crippen LogP contribution in [-0.4, -0.2) is 222 Å². The highest BCUT2D eigenvalue weighted by molar-refractivity contribution is 5.73. The lowest BCUT2D eigenvalue weighted by Gasteiger charge is -2.48. The Balaban J connectivity index is 1.51. The standard InChI is InChI=1S/C28H48N2O21/c1-7(34)29-13-18(39)23(50-27-21(42)19(40)15(36)9(3-31)47-27)11(5-33)49-26(13)45-6-12-17(38)24(14(25(44)46-12)30-8(2)35)51-28-22(43)20(41)16(37)10(4-32)48-28/h9-28,31-33,36-44H,3-6H2,1-2H3,(H,29,34)(H,30,35)/t9-,10?,11?,12?,13?,14?,15?,16?,17?,18?,19?,20?,21?,22?,23?,24?,25?,26?,27-,28?/m0/s1. The van der Waals surface area contributed by atoms with Crippen molar-refractivity contribution in [2.24, 2.45) is 0 Å². The molecule has 296 valence electrons. The van der Waals surface area contributed by atoms with E-state index < -0.39 is 161 Å². The molecule has 0 aromatic rings. The maximum Gasteiger partial charge on any atom is 0.217 e. The number of ether oxygens (including phenoxy) is 7. The minimum Gasteiger partial charge on any atom is -0.394 e. The lowest BCUT2D eigenvalue weighted by Crippen LogP contribution is -2.69. The van der Waals surface area contributed by atoms with Crippen LogP contribution in [0.1, 0.15) is 13.8 Å². The molecule has 4 fully saturated rings. The van der Waals surface area contributed by atoms with E-state index in [2.05, 4.69) is 10.6 Å². The van der Waals surface area contributed by atoms with Crippen molar-refractivity contribution in [3.05, 3.63) is 0 Å². The molecule has 0 saturated carbocycles. The van der Waals surface area contributed by atoms with Crippen LogP contribution >= 0.6 is 0 Å². The van der Waals surface area contributed by atoms with Crippen molar-refractivity contribution in [3.8, 4) is 0 Å². The van der Waals surface area contributed by atoms with Crippen LogP contribution in [0, 0.1) is 0 Å². The average molecular weight is 749 g/mol. The first-order valence-electron chi connectivity index (χ1n) is 16.1. The molecule has 20 atom stereocenters. The SMILES string of the molecule is CC(=O)NC1C(OCC2OC(O)C(NC(C)=O)C(OC3OC(CO)C(O)C(O)C3O)C2O)OC(CO)C(O[C@@H]2O[C@@H](CO)C(O)C(O)C2O)C1O. The van der Waals surface area contributed by atoms with Crippen LogP contribution in [0.15, 0.2) is 0 Å². The van der Waals surface area contributed by atoms with Gasteiger partial charge in [-0.1, -0.05) is 0 Å². The van der Waals surface area contributed by atoms with Crippen LogP contribution < -0.4 is 10.6 Å². The first-order chi connectivity index (χ1) is 24.0. The summed E-state index contributed by atoms with van der Waals surface area (Å²) in [7, 11) is 0.